The number of carbonyl (C=O) groups excluding carboxylic acids is 1. The van der Waals surface area contributed by atoms with Gasteiger partial charge in [-0.3, -0.25) is 4.79 Å². The minimum Gasteiger partial charge on any atom is -0.367 e. The lowest BCUT2D eigenvalue weighted by molar-refractivity contribution is -0.126. The number of ether oxygens (including phenoxy) is 1. The van der Waals surface area contributed by atoms with Crippen LogP contribution in [0.4, 0.5) is 0 Å². The fourth-order valence-electron chi connectivity index (χ4n) is 1.13. The van der Waals surface area contributed by atoms with Crippen molar-refractivity contribution < 1.29 is 9.53 Å². The van der Waals surface area contributed by atoms with Crippen LogP contribution in [-0.4, -0.2) is 23.3 Å². The average molecular weight is 207 g/mol. The van der Waals surface area contributed by atoms with Gasteiger partial charge in [0.15, 0.2) is 5.78 Å². The molecule has 0 bridgehead atoms. The minimum absolute atomic E-state index is 0.130. The molecule has 0 N–H and O–H groups in total. The summed E-state index contributed by atoms with van der Waals surface area (Å²) in [5.41, 5.74) is 0. The van der Waals surface area contributed by atoms with Crippen LogP contribution in [0.3, 0.4) is 0 Å². The Bertz CT molecular complexity index is 136. The first-order chi connectivity index (χ1) is 4.74. The molecule has 2 nitrogen and oxygen atoms in total. The van der Waals surface area contributed by atoms with E-state index in [-0.39, 0.29) is 18.0 Å². The molecule has 0 saturated carbocycles. The summed E-state index contributed by atoms with van der Waals surface area (Å²) in [5.74, 6) is 0.171. The number of hydrogen-bond acceptors (Lipinski definition) is 2. The van der Waals surface area contributed by atoms with Crippen molar-refractivity contribution in [3.05, 3.63) is 0 Å². The molecule has 0 aromatic rings. The van der Waals surface area contributed by atoms with Crippen LogP contribution < -0.4 is 0 Å². The van der Waals surface area contributed by atoms with Crippen LogP contribution in [0, 0.1) is 0 Å². The molecule has 0 aromatic carbocycles. The molecule has 1 rings (SSSR count). The Morgan fingerprint density at radius 3 is 2.80 bits per heavy atom. The van der Waals surface area contributed by atoms with Crippen LogP contribution in [0.2, 0.25) is 0 Å². The molecule has 0 radical (unpaired) electrons. The highest BCUT2D eigenvalue weighted by Gasteiger charge is 2.26. The Morgan fingerprint density at radius 1 is 1.70 bits per heavy atom. The topological polar surface area (TPSA) is 26.3 Å². The first-order valence-corrected chi connectivity index (χ1v) is 4.60. The molecule has 0 aliphatic carbocycles. The fraction of sp³-hybridized carbons (Fsp3) is 0.857. The van der Waals surface area contributed by atoms with Crippen LogP contribution in [0.5, 0.6) is 0 Å². The molecule has 0 spiro atoms. The Hall–Kier alpha value is 0.110. The summed E-state index contributed by atoms with van der Waals surface area (Å²) in [7, 11) is 0. The van der Waals surface area contributed by atoms with Crippen molar-refractivity contribution in [2.75, 3.05) is 5.33 Å². The van der Waals surface area contributed by atoms with E-state index < -0.39 is 0 Å². The van der Waals surface area contributed by atoms with Gasteiger partial charge in [0.2, 0.25) is 0 Å². The van der Waals surface area contributed by atoms with E-state index >= 15 is 0 Å². The van der Waals surface area contributed by atoms with Crippen molar-refractivity contribution in [2.24, 2.45) is 0 Å². The molecular weight excluding hydrogens is 196 g/mol. The zero-order valence-electron chi connectivity index (χ0n) is 5.97. The molecular formula is C7H11BrO2. The predicted molar refractivity (Wildman–Crippen MR) is 42.4 cm³/mol. The van der Waals surface area contributed by atoms with E-state index in [1.165, 1.54) is 0 Å². The van der Waals surface area contributed by atoms with E-state index in [1.54, 1.807) is 0 Å². The molecule has 3 heteroatoms. The second-order valence-electron chi connectivity index (χ2n) is 2.61. The van der Waals surface area contributed by atoms with Gasteiger partial charge < -0.3 is 4.74 Å². The van der Waals surface area contributed by atoms with Crippen LogP contribution in [0.25, 0.3) is 0 Å². The largest absolute Gasteiger partial charge is 0.367 e. The van der Waals surface area contributed by atoms with Gasteiger partial charge in [-0.25, -0.2) is 0 Å². The van der Waals surface area contributed by atoms with Crippen LogP contribution in [0.15, 0.2) is 0 Å². The van der Waals surface area contributed by atoms with Gasteiger partial charge in [0, 0.05) is 0 Å². The van der Waals surface area contributed by atoms with Crippen molar-refractivity contribution in [3.63, 3.8) is 0 Å². The summed E-state index contributed by atoms with van der Waals surface area (Å²) in [6.07, 6.45) is 2.05. The van der Waals surface area contributed by atoms with E-state index in [9.17, 15) is 4.79 Å². The Labute approximate surface area is 69.1 Å². The number of alkyl halides is 1. The molecule has 1 aliphatic rings. The molecule has 1 heterocycles. The maximum Gasteiger partial charge on any atom is 0.172 e. The number of ketones is 1. The van der Waals surface area contributed by atoms with E-state index in [0.717, 1.165) is 12.8 Å². The van der Waals surface area contributed by atoms with Gasteiger partial charge in [0.05, 0.1) is 11.4 Å². The quantitative estimate of drug-likeness (QED) is 0.641. The minimum atomic E-state index is -0.130. The van der Waals surface area contributed by atoms with Crippen molar-refractivity contribution in [1.82, 2.24) is 0 Å². The van der Waals surface area contributed by atoms with Gasteiger partial charge in [-0.1, -0.05) is 15.9 Å². The molecule has 10 heavy (non-hydrogen) atoms. The second-order valence-corrected chi connectivity index (χ2v) is 3.17. The van der Waals surface area contributed by atoms with E-state index in [2.05, 4.69) is 15.9 Å². The fourth-order valence-corrected chi connectivity index (χ4v) is 1.49. The van der Waals surface area contributed by atoms with E-state index in [1.807, 2.05) is 6.92 Å². The highest BCUT2D eigenvalue weighted by molar-refractivity contribution is 9.09. The summed E-state index contributed by atoms with van der Waals surface area (Å²) >= 11 is 3.12. The van der Waals surface area contributed by atoms with Gasteiger partial charge in [0.25, 0.3) is 0 Å². The van der Waals surface area contributed by atoms with Crippen molar-refractivity contribution >= 4 is 21.7 Å². The number of hydrogen-bond donors (Lipinski definition) is 0. The normalized spacial score (nSPS) is 32.6. The van der Waals surface area contributed by atoms with Gasteiger partial charge >= 0.3 is 0 Å². The highest BCUT2D eigenvalue weighted by Crippen LogP contribution is 2.19. The standard InChI is InChI=1S/C7H11BrO2/c1-5-2-3-7(10-5)6(9)4-8/h5,7H,2-4H2,1H3/t5-,7-/m1/s1. The summed E-state index contributed by atoms with van der Waals surface area (Å²) in [5, 5.41) is 0.421. The monoisotopic (exact) mass is 206 g/mol. The third-order valence-corrected chi connectivity index (χ3v) is 2.28. The van der Waals surface area contributed by atoms with E-state index in [0.29, 0.717) is 5.33 Å². The molecule has 0 amide bonds. The third kappa shape index (κ3) is 1.80. The number of halogens is 1. The maximum atomic E-state index is 11.0. The van der Waals surface area contributed by atoms with Crippen LogP contribution >= 0.6 is 15.9 Å². The molecule has 2 atom stereocenters. The summed E-state index contributed by atoms with van der Waals surface area (Å²) in [6.45, 7) is 2.00. The molecule has 1 aliphatic heterocycles. The van der Waals surface area contributed by atoms with Crippen LogP contribution in [0.1, 0.15) is 19.8 Å². The number of carbonyl (C=O) groups is 1. The lowest BCUT2D eigenvalue weighted by atomic mass is 10.1. The van der Waals surface area contributed by atoms with E-state index in [4.69, 9.17) is 4.74 Å². The summed E-state index contributed by atoms with van der Waals surface area (Å²) in [6, 6.07) is 0. The molecule has 58 valence electrons. The smallest absolute Gasteiger partial charge is 0.172 e. The molecule has 1 fully saturated rings. The van der Waals surface area contributed by atoms with Gasteiger partial charge in [-0.2, -0.15) is 0 Å². The highest BCUT2D eigenvalue weighted by atomic mass is 79.9. The Kier molecular flexibility index (Phi) is 2.86. The first kappa shape index (κ1) is 8.21. The van der Waals surface area contributed by atoms with Crippen molar-refractivity contribution in [3.8, 4) is 0 Å². The van der Waals surface area contributed by atoms with Gasteiger partial charge in [-0.05, 0) is 19.8 Å². The molecule has 0 unspecified atom stereocenters. The Morgan fingerprint density at radius 2 is 2.40 bits per heavy atom. The Balaban J connectivity index is 2.37. The summed E-state index contributed by atoms with van der Waals surface area (Å²) < 4.78 is 5.33. The number of rotatable bonds is 2. The predicted octanol–water partition coefficient (Wildman–Crippen LogP) is 1.52. The maximum absolute atomic E-state index is 11.0. The molecule has 1 saturated heterocycles. The van der Waals surface area contributed by atoms with Crippen molar-refractivity contribution in [1.29, 1.82) is 0 Å². The average Bonchev–Trinajstić information content (AvgIpc) is 2.34. The van der Waals surface area contributed by atoms with Crippen molar-refractivity contribution in [2.45, 2.75) is 32.0 Å². The lowest BCUT2D eigenvalue weighted by Gasteiger charge is -2.06. The second kappa shape index (κ2) is 3.49. The number of Topliss-reactive ketones (excluding diaryl/α,β-unsaturated/α-hetero) is 1. The van der Waals surface area contributed by atoms with Gasteiger partial charge in [0.1, 0.15) is 6.10 Å². The summed E-state index contributed by atoms with van der Waals surface area (Å²) in [4.78, 5) is 11.0. The SMILES string of the molecule is C[C@@H]1CC[C@H](C(=O)CBr)O1. The zero-order valence-corrected chi connectivity index (χ0v) is 7.56. The molecule has 0 aromatic heterocycles. The lowest BCUT2D eigenvalue weighted by Crippen LogP contribution is -2.21. The van der Waals surface area contributed by atoms with Crippen LogP contribution in [-0.2, 0) is 9.53 Å². The zero-order chi connectivity index (χ0) is 7.56. The van der Waals surface area contributed by atoms with Gasteiger partial charge in [-0.15, -0.1) is 0 Å². The first-order valence-electron chi connectivity index (χ1n) is 3.48. The third-order valence-electron chi connectivity index (χ3n) is 1.72.